The number of rotatable bonds is 3. The van der Waals surface area contributed by atoms with E-state index in [2.05, 4.69) is 37.9 Å². The van der Waals surface area contributed by atoms with Gasteiger partial charge >= 0.3 is 0 Å². The number of pyridine rings is 1. The highest BCUT2D eigenvalue weighted by Crippen LogP contribution is 2.34. The van der Waals surface area contributed by atoms with Gasteiger partial charge in [-0.05, 0) is 49.7 Å². The SMILES string of the molecule is Cc1ccc(C(C)C)c(CC2CC2)n1. The molecule has 1 fully saturated rings. The second kappa shape index (κ2) is 3.72. The van der Waals surface area contributed by atoms with Crippen LogP contribution in [0.15, 0.2) is 12.1 Å². The van der Waals surface area contributed by atoms with Crippen LogP contribution >= 0.6 is 0 Å². The minimum Gasteiger partial charge on any atom is -0.258 e. The number of nitrogens with zero attached hydrogens (tertiary/aromatic N) is 1. The first-order chi connectivity index (χ1) is 6.66. The lowest BCUT2D eigenvalue weighted by atomic mass is 9.98. The van der Waals surface area contributed by atoms with Crippen LogP contribution in [0.25, 0.3) is 0 Å². The van der Waals surface area contributed by atoms with E-state index >= 15 is 0 Å². The first-order valence-corrected chi connectivity index (χ1v) is 5.63. The van der Waals surface area contributed by atoms with Crippen LogP contribution in [0.4, 0.5) is 0 Å². The zero-order valence-corrected chi connectivity index (χ0v) is 9.38. The molecule has 0 saturated heterocycles. The highest BCUT2D eigenvalue weighted by Gasteiger charge is 2.23. The molecule has 0 N–H and O–H groups in total. The summed E-state index contributed by atoms with van der Waals surface area (Å²) in [5.41, 5.74) is 3.95. The minimum absolute atomic E-state index is 0.608. The maximum absolute atomic E-state index is 4.67. The lowest BCUT2D eigenvalue weighted by Gasteiger charge is -2.12. The molecule has 0 aliphatic heterocycles. The lowest BCUT2D eigenvalue weighted by Crippen LogP contribution is -2.02. The second-order valence-corrected chi connectivity index (χ2v) is 4.79. The molecule has 1 aromatic rings. The largest absolute Gasteiger partial charge is 0.258 e. The molecule has 1 nitrogen and oxygen atoms in total. The molecular weight excluding hydrogens is 170 g/mol. The van der Waals surface area contributed by atoms with E-state index in [1.807, 2.05) is 0 Å². The van der Waals surface area contributed by atoms with E-state index in [1.165, 1.54) is 30.5 Å². The molecule has 1 heterocycles. The highest BCUT2D eigenvalue weighted by atomic mass is 14.7. The maximum atomic E-state index is 4.67. The quantitative estimate of drug-likeness (QED) is 0.709. The number of aromatic nitrogens is 1. The molecule has 0 amide bonds. The number of aryl methyl sites for hydroxylation is 1. The third-order valence-electron chi connectivity index (χ3n) is 2.95. The molecule has 76 valence electrons. The van der Waals surface area contributed by atoms with Crippen molar-refractivity contribution in [2.45, 2.75) is 46.0 Å². The molecule has 0 atom stereocenters. The topological polar surface area (TPSA) is 12.9 Å². The van der Waals surface area contributed by atoms with Crippen molar-refractivity contribution in [3.05, 3.63) is 29.1 Å². The lowest BCUT2D eigenvalue weighted by molar-refractivity contribution is 0.752. The van der Waals surface area contributed by atoms with E-state index in [1.54, 1.807) is 0 Å². The summed E-state index contributed by atoms with van der Waals surface area (Å²) in [4.78, 5) is 4.67. The Morgan fingerprint density at radius 2 is 2.07 bits per heavy atom. The van der Waals surface area contributed by atoms with Gasteiger partial charge in [-0.15, -0.1) is 0 Å². The maximum Gasteiger partial charge on any atom is 0.0444 e. The summed E-state index contributed by atoms with van der Waals surface area (Å²) in [6.45, 7) is 6.59. The van der Waals surface area contributed by atoms with Crippen LogP contribution in [0.3, 0.4) is 0 Å². The van der Waals surface area contributed by atoms with Crippen molar-refractivity contribution in [1.29, 1.82) is 0 Å². The Balaban J connectivity index is 2.27. The Morgan fingerprint density at radius 3 is 2.64 bits per heavy atom. The van der Waals surface area contributed by atoms with Gasteiger partial charge in [0.15, 0.2) is 0 Å². The standard InChI is InChI=1S/C13H19N/c1-9(2)12-7-4-10(3)14-13(12)8-11-5-6-11/h4,7,9,11H,5-6,8H2,1-3H3. The fraction of sp³-hybridized carbons (Fsp3) is 0.615. The molecule has 1 aliphatic rings. The van der Waals surface area contributed by atoms with Crippen molar-refractivity contribution in [3.63, 3.8) is 0 Å². The predicted octanol–water partition coefficient (Wildman–Crippen LogP) is 3.47. The van der Waals surface area contributed by atoms with Crippen LogP contribution < -0.4 is 0 Å². The molecule has 1 aliphatic carbocycles. The molecule has 0 spiro atoms. The molecular formula is C13H19N. The summed E-state index contributed by atoms with van der Waals surface area (Å²) >= 11 is 0. The van der Waals surface area contributed by atoms with Crippen LogP contribution in [0, 0.1) is 12.8 Å². The van der Waals surface area contributed by atoms with E-state index in [-0.39, 0.29) is 0 Å². The summed E-state index contributed by atoms with van der Waals surface area (Å²) in [7, 11) is 0. The molecule has 1 saturated carbocycles. The molecule has 14 heavy (non-hydrogen) atoms. The van der Waals surface area contributed by atoms with E-state index in [4.69, 9.17) is 0 Å². The van der Waals surface area contributed by atoms with Crippen molar-refractivity contribution in [1.82, 2.24) is 4.98 Å². The third-order valence-corrected chi connectivity index (χ3v) is 2.95. The van der Waals surface area contributed by atoms with Gasteiger partial charge in [0.2, 0.25) is 0 Å². The molecule has 1 aromatic heterocycles. The molecule has 0 aromatic carbocycles. The van der Waals surface area contributed by atoms with E-state index < -0.39 is 0 Å². The van der Waals surface area contributed by atoms with Crippen LogP contribution in [0.2, 0.25) is 0 Å². The predicted molar refractivity (Wildman–Crippen MR) is 59.5 cm³/mol. The summed E-state index contributed by atoms with van der Waals surface area (Å²) in [6.07, 6.45) is 4.02. The van der Waals surface area contributed by atoms with Crippen LogP contribution in [0.5, 0.6) is 0 Å². The van der Waals surface area contributed by atoms with E-state index in [9.17, 15) is 0 Å². The number of hydrogen-bond donors (Lipinski definition) is 0. The molecule has 0 bridgehead atoms. The van der Waals surface area contributed by atoms with Crippen LogP contribution in [-0.4, -0.2) is 4.98 Å². The van der Waals surface area contributed by atoms with Gasteiger partial charge in [-0.2, -0.15) is 0 Å². The van der Waals surface area contributed by atoms with Gasteiger partial charge in [0, 0.05) is 11.4 Å². The Kier molecular flexibility index (Phi) is 2.58. The summed E-state index contributed by atoms with van der Waals surface area (Å²) < 4.78 is 0. The Bertz CT molecular complexity index is 324. The van der Waals surface area contributed by atoms with Crippen molar-refractivity contribution < 1.29 is 0 Å². The van der Waals surface area contributed by atoms with Gasteiger partial charge < -0.3 is 0 Å². The molecule has 0 radical (unpaired) electrons. The van der Waals surface area contributed by atoms with Gasteiger partial charge in [0.1, 0.15) is 0 Å². The van der Waals surface area contributed by atoms with Gasteiger partial charge in [0.05, 0.1) is 0 Å². The average molecular weight is 189 g/mol. The first-order valence-electron chi connectivity index (χ1n) is 5.63. The van der Waals surface area contributed by atoms with Crippen LogP contribution in [0.1, 0.15) is 49.6 Å². The number of hydrogen-bond acceptors (Lipinski definition) is 1. The van der Waals surface area contributed by atoms with Crippen molar-refractivity contribution in [2.24, 2.45) is 5.92 Å². The second-order valence-electron chi connectivity index (χ2n) is 4.79. The highest BCUT2D eigenvalue weighted by molar-refractivity contribution is 5.26. The Morgan fingerprint density at radius 1 is 1.36 bits per heavy atom. The summed E-state index contributed by atoms with van der Waals surface area (Å²) in [5, 5.41) is 0. The minimum atomic E-state index is 0.608. The van der Waals surface area contributed by atoms with Crippen molar-refractivity contribution in [2.75, 3.05) is 0 Å². The molecule has 1 heteroatoms. The monoisotopic (exact) mass is 189 g/mol. The summed E-state index contributed by atoms with van der Waals surface area (Å²) in [5.74, 6) is 1.54. The Hall–Kier alpha value is -0.850. The van der Waals surface area contributed by atoms with Crippen LogP contribution in [-0.2, 0) is 6.42 Å². The van der Waals surface area contributed by atoms with Gasteiger partial charge in [0.25, 0.3) is 0 Å². The van der Waals surface area contributed by atoms with E-state index in [0.29, 0.717) is 5.92 Å². The van der Waals surface area contributed by atoms with Crippen molar-refractivity contribution >= 4 is 0 Å². The van der Waals surface area contributed by atoms with Crippen molar-refractivity contribution in [3.8, 4) is 0 Å². The Labute approximate surface area is 86.6 Å². The summed E-state index contributed by atoms with van der Waals surface area (Å²) in [6, 6.07) is 4.39. The van der Waals surface area contributed by atoms with Gasteiger partial charge in [-0.25, -0.2) is 0 Å². The zero-order chi connectivity index (χ0) is 10.1. The smallest absolute Gasteiger partial charge is 0.0444 e. The third kappa shape index (κ3) is 2.14. The van der Waals surface area contributed by atoms with Gasteiger partial charge in [-0.1, -0.05) is 19.9 Å². The fourth-order valence-electron chi connectivity index (χ4n) is 1.91. The first kappa shape index (κ1) is 9.70. The van der Waals surface area contributed by atoms with Gasteiger partial charge in [-0.3, -0.25) is 4.98 Å². The van der Waals surface area contributed by atoms with E-state index in [0.717, 1.165) is 11.6 Å². The normalized spacial score (nSPS) is 16.3. The molecule has 2 rings (SSSR count). The average Bonchev–Trinajstić information content (AvgIpc) is 2.87. The zero-order valence-electron chi connectivity index (χ0n) is 9.38. The molecule has 0 unspecified atom stereocenters. The fourth-order valence-corrected chi connectivity index (χ4v) is 1.91.